The normalized spacial score (nSPS) is 32.5. The molecule has 19 heavy (non-hydrogen) atoms. The summed E-state index contributed by atoms with van der Waals surface area (Å²) in [5, 5.41) is 3.68. The zero-order valence-corrected chi connectivity index (χ0v) is 13.4. The van der Waals surface area contributed by atoms with E-state index in [-0.39, 0.29) is 11.1 Å². The highest BCUT2D eigenvalue weighted by molar-refractivity contribution is 4.92. The average Bonchev–Trinajstić information content (AvgIpc) is 3.18. The van der Waals surface area contributed by atoms with E-state index in [2.05, 4.69) is 33.0 Å². The number of hydrogen-bond donors (Lipinski definition) is 1. The van der Waals surface area contributed by atoms with E-state index in [1.165, 1.54) is 44.9 Å². The largest absolute Gasteiger partial charge is 0.373 e. The molecule has 0 aromatic carbocycles. The molecule has 2 nitrogen and oxygen atoms in total. The predicted octanol–water partition coefficient (Wildman–Crippen LogP) is 4.14. The Morgan fingerprint density at radius 1 is 1.05 bits per heavy atom. The van der Waals surface area contributed by atoms with Crippen LogP contribution in [-0.4, -0.2) is 24.3 Å². The van der Waals surface area contributed by atoms with Gasteiger partial charge in [-0.1, -0.05) is 13.3 Å². The Bertz CT molecular complexity index is 269. The first-order chi connectivity index (χ1) is 8.92. The van der Waals surface area contributed by atoms with Gasteiger partial charge in [-0.25, -0.2) is 0 Å². The van der Waals surface area contributed by atoms with Gasteiger partial charge in [0.1, 0.15) is 0 Å². The molecule has 2 aliphatic carbocycles. The molecule has 0 unspecified atom stereocenters. The van der Waals surface area contributed by atoms with Gasteiger partial charge in [-0.3, -0.25) is 0 Å². The molecule has 0 aromatic heterocycles. The van der Waals surface area contributed by atoms with Crippen molar-refractivity contribution >= 4 is 0 Å². The topological polar surface area (TPSA) is 21.3 Å². The monoisotopic (exact) mass is 267 g/mol. The van der Waals surface area contributed by atoms with Crippen molar-refractivity contribution < 1.29 is 4.74 Å². The maximum Gasteiger partial charge on any atom is 0.0806 e. The molecular weight excluding hydrogens is 234 g/mol. The molecule has 2 aliphatic rings. The highest BCUT2D eigenvalue weighted by Gasteiger charge is 2.38. The molecule has 0 radical (unpaired) electrons. The lowest BCUT2D eigenvalue weighted by Gasteiger charge is -2.42. The smallest absolute Gasteiger partial charge is 0.0806 e. The van der Waals surface area contributed by atoms with Crippen molar-refractivity contribution in [1.82, 2.24) is 5.32 Å². The van der Waals surface area contributed by atoms with Crippen molar-refractivity contribution in [3.05, 3.63) is 0 Å². The van der Waals surface area contributed by atoms with E-state index in [0.717, 1.165) is 25.0 Å². The lowest BCUT2D eigenvalue weighted by molar-refractivity contribution is -0.0832. The van der Waals surface area contributed by atoms with Gasteiger partial charge in [0.05, 0.1) is 12.2 Å². The molecular formula is C17H33NO. The van der Waals surface area contributed by atoms with Gasteiger partial charge in [-0.05, 0) is 71.1 Å². The summed E-state index contributed by atoms with van der Waals surface area (Å²) in [6.07, 6.45) is 9.33. The summed E-state index contributed by atoms with van der Waals surface area (Å²) in [7, 11) is 0. The van der Waals surface area contributed by atoms with E-state index in [1.54, 1.807) is 0 Å². The molecule has 1 N–H and O–H groups in total. The first kappa shape index (κ1) is 15.3. The minimum absolute atomic E-state index is 0.127. The second kappa shape index (κ2) is 6.13. The second-order valence-electron chi connectivity index (χ2n) is 7.89. The van der Waals surface area contributed by atoms with Gasteiger partial charge in [-0.15, -0.1) is 0 Å². The van der Waals surface area contributed by atoms with Crippen LogP contribution >= 0.6 is 0 Å². The Balaban J connectivity index is 1.88. The molecule has 0 saturated heterocycles. The van der Waals surface area contributed by atoms with Crippen LogP contribution in [0.25, 0.3) is 0 Å². The molecule has 112 valence electrons. The Labute approximate surface area is 119 Å². The molecule has 2 saturated carbocycles. The average molecular weight is 267 g/mol. The van der Waals surface area contributed by atoms with Crippen LogP contribution < -0.4 is 5.32 Å². The minimum atomic E-state index is 0.127. The van der Waals surface area contributed by atoms with E-state index in [9.17, 15) is 0 Å². The Kier molecular flexibility index (Phi) is 4.94. The third-order valence-corrected chi connectivity index (χ3v) is 4.86. The number of nitrogens with one attached hydrogen (secondary N) is 1. The predicted molar refractivity (Wildman–Crippen MR) is 81.4 cm³/mol. The number of ether oxygens (including phenoxy) is 1. The van der Waals surface area contributed by atoms with Crippen LogP contribution in [0.5, 0.6) is 0 Å². The van der Waals surface area contributed by atoms with Crippen molar-refractivity contribution in [2.45, 2.75) is 83.8 Å². The summed E-state index contributed by atoms with van der Waals surface area (Å²) >= 11 is 0. The van der Waals surface area contributed by atoms with Crippen LogP contribution in [0, 0.1) is 11.8 Å². The maximum atomic E-state index is 6.42. The van der Waals surface area contributed by atoms with Gasteiger partial charge in [0.2, 0.25) is 0 Å². The first-order valence-corrected chi connectivity index (χ1v) is 8.31. The standard InChI is InChI=1S/C17H33NO/c1-5-14-8-10-17(11-9-14,13-18-16(2,3)4)19-12-15-6-7-15/h14-15,18H,5-13H2,1-4H3. The highest BCUT2D eigenvalue weighted by atomic mass is 16.5. The third kappa shape index (κ3) is 5.07. The van der Waals surface area contributed by atoms with Gasteiger partial charge >= 0.3 is 0 Å². The van der Waals surface area contributed by atoms with E-state index in [0.29, 0.717) is 0 Å². The van der Waals surface area contributed by atoms with Gasteiger partial charge in [0, 0.05) is 12.1 Å². The fourth-order valence-electron chi connectivity index (χ4n) is 2.99. The molecule has 0 aromatic rings. The zero-order chi connectivity index (χ0) is 13.9. The maximum absolute atomic E-state index is 6.42. The van der Waals surface area contributed by atoms with Crippen molar-refractivity contribution in [1.29, 1.82) is 0 Å². The Hall–Kier alpha value is -0.0800. The van der Waals surface area contributed by atoms with Crippen molar-refractivity contribution in [2.24, 2.45) is 11.8 Å². The fraction of sp³-hybridized carbons (Fsp3) is 1.00. The number of hydrogen-bond acceptors (Lipinski definition) is 2. The summed E-state index contributed by atoms with van der Waals surface area (Å²) in [5.74, 6) is 1.81. The summed E-state index contributed by atoms with van der Waals surface area (Å²) in [6, 6.07) is 0. The summed E-state index contributed by atoms with van der Waals surface area (Å²) < 4.78 is 6.42. The summed E-state index contributed by atoms with van der Waals surface area (Å²) in [6.45, 7) is 11.1. The summed E-state index contributed by atoms with van der Waals surface area (Å²) in [4.78, 5) is 0. The van der Waals surface area contributed by atoms with Gasteiger partial charge in [0.15, 0.2) is 0 Å². The molecule has 2 rings (SSSR count). The highest BCUT2D eigenvalue weighted by Crippen LogP contribution is 2.38. The van der Waals surface area contributed by atoms with Crippen LogP contribution in [-0.2, 0) is 4.74 Å². The minimum Gasteiger partial charge on any atom is -0.373 e. The number of rotatable bonds is 6. The van der Waals surface area contributed by atoms with E-state index >= 15 is 0 Å². The fourth-order valence-corrected chi connectivity index (χ4v) is 2.99. The zero-order valence-electron chi connectivity index (χ0n) is 13.4. The van der Waals surface area contributed by atoms with Crippen LogP contribution in [0.2, 0.25) is 0 Å². The van der Waals surface area contributed by atoms with Crippen LogP contribution in [0.15, 0.2) is 0 Å². The van der Waals surface area contributed by atoms with Crippen LogP contribution in [0.1, 0.15) is 72.6 Å². The van der Waals surface area contributed by atoms with E-state index in [4.69, 9.17) is 4.74 Å². The van der Waals surface area contributed by atoms with Gasteiger partial charge in [-0.2, -0.15) is 0 Å². The Morgan fingerprint density at radius 3 is 2.16 bits per heavy atom. The first-order valence-electron chi connectivity index (χ1n) is 8.31. The Morgan fingerprint density at radius 2 is 1.68 bits per heavy atom. The molecule has 0 amide bonds. The second-order valence-corrected chi connectivity index (χ2v) is 7.89. The lowest BCUT2D eigenvalue weighted by atomic mass is 9.77. The van der Waals surface area contributed by atoms with Gasteiger partial charge in [0.25, 0.3) is 0 Å². The summed E-state index contributed by atoms with van der Waals surface area (Å²) in [5.41, 5.74) is 0.319. The van der Waals surface area contributed by atoms with Crippen molar-refractivity contribution in [3.8, 4) is 0 Å². The van der Waals surface area contributed by atoms with Gasteiger partial charge < -0.3 is 10.1 Å². The van der Waals surface area contributed by atoms with E-state index < -0.39 is 0 Å². The molecule has 0 spiro atoms. The molecule has 0 bridgehead atoms. The van der Waals surface area contributed by atoms with Crippen molar-refractivity contribution in [2.75, 3.05) is 13.2 Å². The molecule has 0 heterocycles. The SMILES string of the molecule is CCC1CCC(CNC(C)(C)C)(OCC2CC2)CC1. The molecule has 2 fully saturated rings. The van der Waals surface area contributed by atoms with Crippen molar-refractivity contribution in [3.63, 3.8) is 0 Å². The quantitative estimate of drug-likeness (QED) is 0.781. The molecule has 2 heteroatoms. The molecule has 0 aliphatic heterocycles. The van der Waals surface area contributed by atoms with Crippen LogP contribution in [0.3, 0.4) is 0 Å². The third-order valence-electron chi connectivity index (χ3n) is 4.86. The van der Waals surface area contributed by atoms with Crippen LogP contribution in [0.4, 0.5) is 0 Å². The molecule has 0 atom stereocenters. The lowest BCUT2D eigenvalue weighted by Crippen LogP contribution is -2.51. The van der Waals surface area contributed by atoms with E-state index in [1.807, 2.05) is 0 Å².